The Balaban J connectivity index is 1.42. The Hall–Kier alpha value is -3.62. The zero-order valence-electron chi connectivity index (χ0n) is 18.1. The molecular formula is C23H25FN6O2. The van der Waals surface area contributed by atoms with E-state index in [1.165, 1.54) is 18.3 Å². The van der Waals surface area contributed by atoms with Crippen LogP contribution in [0.2, 0.25) is 0 Å². The van der Waals surface area contributed by atoms with E-state index in [0.717, 1.165) is 18.4 Å². The summed E-state index contributed by atoms with van der Waals surface area (Å²) in [4.78, 5) is 40.3. The van der Waals surface area contributed by atoms with Crippen LogP contribution < -0.4 is 5.32 Å². The van der Waals surface area contributed by atoms with Crippen LogP contribution in [0.15, 0.2) is 42.9 Å². The molecule has 0 bridgehead atoms. The first-order valence-corrected chi connectivity index (χ1v) is 10.5. The molecule has 3 heterocycles. The Bertz CT molecular complexity index is 1130. The SMILES string of the molecule is Cc1nc(C2CCCN(C(=O)c3nccn3C)C2)ncc1C(=O)NCc1ccc(F)cc1. The van der Waals surface area contributed by atoms with Gasteiger partial charge in [-0.3, -0.25) is 9.59 Å². The lowest BCUT2D eigenvalue weighted by Gasteiger charge is -2.31. The molecule has 1 aromatic carbocycles. The van der Waals surface area contributed by atoms with Gasteiger partial charge in [0.15, 0.2) is 5.82 Å². The fourth-order valence-corrected chi connectivity index (χ4v) is 3.87. The number of imidazole rings is 1. The van der Waals surface area contributed by atoms with Gasteiger partial charge in [0.1, 0.15) is 11.6 Å². The maximum atomic E-state index is 13.0. The fraction of sp³-hybridized carbons (Fsp3) is 0.348. The van der Waals surface area contributed by atoms with Crippen LogP contribution in [-0.4, -0.2) is 49.3 Å². The van der Waals surface area contributed by atoms with Gasteiger partial charge in [-0.2, -0.15) is 0 Å². The normalized spacial score (nSPS) is 16.1. The van der Waals surface area contributed by atoms with Crippen molar-refractivity contribution in [3.63, 3.8) is 0 Å². The van der Waals surface area contributed by atoms with Gasteiger partial charge in [-0.15, -0.1) is 0 Å². The number of rotatable bonds is 5. The second kappa shape index (κ2) is 9.25. The third-order valence-corrected chi connectivity index (χ3v) is 5.70. The highest BCUT2D eigenvalue weighted by atomic mass is 19.1. The highest BCUT2D eigenvalue weighted by Crippen LogP contribution is 2.26. The van der Waals surface area contributed by atoms with Crippen LogP contribution in [0, 0.1) is 12.7 Å². The molecule has 2 amide bonds. The van der Waals surface area contributed by atoms with E-state index in [1.54, 1.807) is 48.0 Å². The van der Waals surface area contributed by atoms with Crippen molar-refractivity contribution >= 4 is 11.8 Å². The number of carbonyl (C=O) groups excluding carboxylic acids is 2. The van der Waals surface area contributed by atoms with Gasteiger partial charge >= 0.3 is 0 Å². The summed E-state index contributed by atoms with van der Waals surface area (Å²) in [6, 6.07) is 5.97. The molecule has 4 rings (SSSR count). The lowest BCUT2D eigenvalue weighted by atomic mass is 9.96. The van der Waals surface area contributed by atoms with Crippen molar-refractivity contribution in [3.05, 3.63) is 77.1 Å². The number of hydrogen-bond donors (Lipinski definition) is 1. The number of nitrogens with one attached hydrogen (secondary N) is 1. The van der Waals surface area contributed by atoms with E-state index in [2.05, 4.69) is 20.3 Å². The molecule has 1 aliphatic heterocycles. The minimum absolute atomic E-state index is 0.00277. The zero-order valence-corrected chi connectivity index (χ0v) is 18.1. The number of benzene rings is 1. The number of hydrogen-bond acceptors (Lipinski definition) is 5. The first-order valence-electron chi connectivity index (χ1n) is 10.5. The van der Waals surface area contributed by atoms with Crippen molar-refractivity contribution in [2.45, 2.75) is 32.2 Å². The molecular weight excluding hydrogens is 411 g/mol. The third-order valence-electron chi connectivity index (χ3n) is 5.70. The second-order valence-corrected chi connectivity index (χ2v) is 7.99. The average molecular weight is 436 g/mol. The van der Waals surface area contributed by atoms with E-state index in [1.807, 2.05) is 0 Å². The summed E-state index contributed by atoms with van der Waals surface area (Å²) >= 11 is 0. The van der Waals surface area contributed by atoms with Gasteiger partial charge in [0.25, 0.3) is 11.8 Å². The molecule has 1 atom stereocenters. The Morgan fingerprint density at radius 1 is 1.22 bits per heavy atom. The smallest absolute Gasteiger partial charge is 0.289 e. The number of aryl methyl sites for hydroxylation is 2. The fourth-order valence-electron chi connectivity index (χ4n) is 3.87. The van der Waals surface area contributed by atoms with Gasteiger partial charge in [-0.05, 0) is 37.5 Å². The van der Waals surface area contributed by atoms with Crippen LogP contribution in [0.1, 0.15) is 56.8 Å². The van der Waals surface area contributed by atoms with Gasteiger partial charge in [0, 0.05) is 51.2 Å². The lowest BCUT2D eigenvalue weighted by Crippen LogP contribution is -2.40. The van der Waals surface area contributed by atoms with Crippen LogP contribution in [0.4, 0.5) is 4.39 Å². The van der Waals surface area contributed by atoms with Crippen molar-refractivity contribution in [3.8, 4) is 0 Å². The molecule has 166 valence electrons. The topological polar surface area (TPSA) is 93.0 Å². The van der Waals surface area contributed by atoms with Crippen LogP contribution in [0.3, 0.4) is 0 Å². The van der Waals surface area contributed by atoms with Crippen molar-refractivity contribution in [2.75, 3.05) is 13.1 Å². The lowest BCUT2D eigenvalue weighted by molar-refractivity contribution is 0.0688. The Labute approximate surface area is 185 Å². The molecule has 1 unspecified atom stereocenters. The quantitative estimate of drug-likeness (QED) is 0.664. The van der Waals surface area contributed by atoms with E-state index >= 15 is 0 Å². The number of carbonyl (C=O) groups is 2. The highest BCUT2D eigenvalue weighted by Gasteiger charge is 2.29. The highest BCUT2D eigenvalue weighted by molar-refractivity contribution is 5.94. The van der Waals surface area contributed by atoms with Gasteiger partial charge < -0.3 is 14.8 Å². The minimum atomic E-state index is -0.317. The molecule has 0 aliphatic carbocycles. The Morgan fingerprint density at radius 3 is 2.69 bits per heavy atom. The molecule has 3 aromatic rings. The first kappa shape index (κ1) is 21.6. The van der Waals surface area contributed by atoms with Gasteiger partial charge in [0.2, 0.25) is 0 Å². The number of amides is 2. The molecule has 1 saturated heterocycles. The minimum Gasteiger partial charge on any atom is -0.348 e. The number of aromatic nitrogens is 4. The van der Waals surface area contributed by atoms with E-state index < -0.39 is 0 Å². The molecule has 1 fully saturated rings. The van der Waals surface area contributed by atoms with Crippen LogP contribution >= 0.6 is 0 Å². The summed E-state index contributed by atoms with van der Waals surface area (Å²) in [6.07, 6.45) is 6.63. The van der Waals surface area contributed by atoms with E-state index in [9.17, 15) is 14.0 Å². The molecule has 9 heteroatoms. The molecule has 0 spiro atoms. The first-order chi connectivity index (χ1) is 15.4. The zero-order chi connectivity index (χ0) is 22.7. The third kappa shape index (κ3) is 4.66. The van der Waals surface area contributed by atoms with E-state index in [-0.39, 0.29) is 30.1 Å². The molecule has 0 saturated carbocycles. The Morgan fingerprint density at radius 2 is 2.00 bits per heavy atom. The molecule has 8 nitrogen and oxygen atoms in total. The van der Waals surface area contributed by atoms with Crippen molar-refractivity contribution in [1.29, 1.82) is 0 Å². The maximum Gasteiger partial charge on any atom is 0.289 e. The Kier molecular flexibility index (Phi) is 6.25. The predicted octanol–water partition coefficient (Wildman–Crippen LogP) is 2.61. The maximum absolute atomic E-state index is 13.0. The summed E-state index contributed by atoms with van der Waals surface area (Å²) in [5.74, 6) is 0.348. The number of piperidine rings is 1. The number of likely N-dealkylation sites (tertiary alicyclic amines) is 1. The molecule has 2 aromatic heterocycles. The molecule has 1 aliphatic rings. The molecule has 32 heavy (non-hydrogen) atoms. The van der Waals surface area contributed by atoms with Gasteiger partial charge in [0.05, 0.1) is 11.3 Å². The van der Waals surface area contributed by atoms with Crippen molar-refractivity contribution in [2.24, 2.45) is 7.05 Å². The number of nitrogens with zero attached hydrogens (tertiary/aromatic N) is 5. The van der Waals surface area contributed by atoms with Crippen LogP contribution in [0.25, 0.3) is 0 Å². The predicted molar refractivity (Wildman–Crippen MR) is 115 cm³/mol. The monoisotopic (exact) mass is 436 g/mol. The summed E-state index contributed by atoms with van der Waals surface area (Å²) in [6.45, 7) is 3.25. The van der Waals surface area contributed by atoms with Crippen LogP contribution in [0.5, 0.6) is 0 Å². The standard InChI is InChI=1S/C23H25FN6O2/c1-15-19(22(31)27-12-16-5-7-18(24)8-6-16)13-26-20(28-15)17-4-3-10-30(14-17)23(32)21-25-9-11-29(21)2/h5-9,11,13,17H,3-4,10,12,14H2,1-2H3,(H,27,31). The van der Waals surface area contributed by atoms with E-state index in [4.69, 9.17) is 0 Å². The molecule has 1 N–H and O–H groups in total. The van der Waals surface area contributed by atoms with Gasteiger partial charge in [-0.25, -0.2) is 19.3 Å². The average Bonchev–Trinajstić information content (AvgIpc) is 3.23. The molecule has 0 radical (unpaired) electrons. The summed E-state index contributed by atoms with van der Waals surface area (Å²) in [5.41, 5.74) is 1.78. The second-order valence-electron chi connectivity index (χ2n) is 7.99. The van der Waals surface area contributed by atoms with Crippen molar-refractivity contribution < 1.29 is 14.0 Å². The van der Waals surface area contributed by atoms with Gasteiger partial charge in [-0.1, -0.05) is 12.1 Å². The van der Waals surface area contributed by atoms with E-state index in [0.29, 0.717) is 36.0 Å². The summed E-state index contributed by atoms with van der Waals surface area (Å²) in [5, 5.41) is 2.81. The van der Waals surface area contributed by atoms with Crippen LogP contribution in [-0.2, 0) is 13.6 Å². The largest absolute Gasteiger partial charge is 0.348 e. The summed E-state index contributed by atoms with van der Waals surface area (Å²) < 4.78 is 14.7. The number of halogens is 1. The summed E-state index contributed by atoms with van der Waals surface area (Å²) in [7, 11) is 1.80. The van der Waals surface area contributed by atoms with Crippen molar-refractivity contribution in [1.82, 2.24) is 29.7 Å².